The molecule has 0 saturated heterocycles. The predicted molar refractivity (Wildman–Crippen MR) is 43.2 cm³/mol. The summed E-state index contributed by atoms with van der Waals surface area (Å²) in [5.41, 5.74) is 5.46. The zero-order valence-electron chi connectivity index (χ0n) is 6.50. The number of hydrogen-bond donors (Lipinski definition) is 1. The molecular formula is C6H15NO2S. The van der Waals surface area contributed by atoms with Crippen LogP contribution in [0.15, 0.2) is 0 Å². The summed E-state index contributed by atoms with van der Waals surface area (Å²) in [4.78, 5) is 0. The Balaban J connectivity index is 3.22. The van der Waals surface area contributed by atoms with Crippen molar-refractivity contribution in [3.8, 4) is 0 Å². The fourth-order valence-corrected chi connectivity index (χ4v) is 1.52. The van der Waals surface area contributed by atoms with Gasteiger partial charge in [-0.25, -0.2) is 0 Å². The molecule has 0 saturated carbocycles. The topological polar surface area (TPSA) is 52.3 Å². The highest BCUT2D eigenvalue weighted by Gasteiger charge is 1.99. The van der Waals surface area contributed by atoms with Gasteiger partial charge in [-0.15, -0.1) is 0 Å². The van der Waals surface area contributed by atoms with Gasteiger partial charge in [-0.1, -0.05) is 0 Å². The van der Waals surface area contributed by atoms with Gasteiger partial charge in [0.15, 0.2) is 0 Å². The second-order valence-corrected chi connectivity index (χ2v) is 3.84. The minimum atomic E-state index is -0.843. The first-order chi connectivity index (χ1) is 4.66. The Bertz CT molecular complexity index is 106. The number of methoxy groups -OCH3 is 1. The molecule has 2 N–H and O–H groups in total. The second-order valence-electron chi connectivity index (χ2n) is 2.32. The molecule has 0 aliphatic rings. The minimum absolute atomic E-state index is 0.140. The lowest BCUT2D eigenvalue weighted by Gasteiger charge is -2.03. The molecule has 10 heavy (non-hydrogen) atoms. The Labute approximate surface area is 64.4 Å². The molecule has 0 amide bonds. The third kappa shape index (κ3) is 6.19. The van der Waals surface area contributed by atoms with E-state index in [0.29, 0.717) is 11.7 Å². The van der Waals surface area contributed by atoms with Gasteiger partial charge in [-0.05, 0) is 13.3 Å². The lowest BCUT2D eigenvalue weighted by molar-refractivity contribution is 0.254. The lowest BCUT2D eigenvalue weighted by atomic mass is 10.3. The summed E-state index contributed by atoms with van der Waals surface area (Å²) in [7, 11) is 0.703. The number of ether oxygens (including phenoxy) is 1. The standard InChI is InChI=1S/C6H15NO2S/c1-6(7)3-4-10(8)5-9-2/h6H,3-5,7H2,1-2H3. The normalized spacial score (nSPS) is 16.7. The Hall–Kier alpha value is 0.0700. The van der Waals surface area contributed by atoms with Crippen LogP contribution in [-0.4, -0.2) is 29.1 Å². The van der Waals surface area contributed by atoms with E-state index >= 15 is 0 Å². The van der Waals surface area contributed by atoms with E-state index in [-0.39, 0.29) is 6.04 Å². The molecule has 0 fully saturated rings. The van der Waals surface area contributed by atoms with Crippen molar-refractivity contribution in [1.29, 1.82) is 0 Å². The number of rotatable bonds is 5. The molecule has 0 aromatic rings. The molecule has 2 unspecified atom stereocenters. The maximum Gasteiger partial charge on any atom is 0.121 e. The predicted octanol–water partition coefficient (Wildman–Crippen LogP) is 0.0763. The third-order valence-corrected chi connectivity index (χ3v) is 2.24. The molecule has 62 valence electrons. The van der Waals surface area contributed by atoms with Gasteiger partial charge in [0, 0.05) is 29.7 Å². The van der Waals surface area contributed by atoms with Gasteiger partial charge in [0.1, 0.15) is 5.94 Å². The lowest BCUT2D eigenvalue weighted by Crippen LogP contribution is -2.18. The monoisotopic (exact) mass is 165 g/mol. The molecule has 0 heterocycles. The summed E-state index contributed by atoms with van der Waals surface area (Å²) >= 11 is 0. The number of hydrogen-bond acceptors (Lipinski definition) is 3. The molecule has 4 heteroatoms. The minimum Gasteiger partial charge on any atom is -0.371 e. The molecule has 0 aliphatic carbocycles. The Kier molecular flexibility index (Phi) is 5.87. The van der Waals surface area contributed by atoms with Gasteiger partial charge in [0.2, 0.25) is 0 Å². The van der Waals surface area contributed by atoms with E-state index in [1.54, 1.807) is 7.11 Å². The summed E-state index contributed by atoms with van der Waals surface area (Å²) in [6, 6.07) is 0.140. The van der Waals surface area contributed by atoms with E-state index in [4.69, 9.17) is 10.5 Å². The van der Waals surface area contributed by atoms with Crippen LogP contribution >= 0.6 is 0 Å². The molecule has 0 spiro atoms. The molecule has 0 rings (SSSR count). The van der Waals surface area contributed by atoms with E-state index in [9.17, 15) is 4.21 Å². The zero-order valence-corrected chi connectivity index (χ0v) is 7.32. The van der Waals surface area contributed by atoms with Crippen LogP contribution in [0.5, 0.6) is 0 Å². The van der Waals surface area contributed by atoms with Gasteiger partial charge >= 0.3 is 0 Å². The van der Waals surface area contributed by atoms with E-state index in [1.165, 1.54) is 0 Å². The maximum absolute atomic E-state index is 10.9. The van der Waals surface area contributed by atoms with Crippen LogP contribution in [0.4, 0.5) is 0 Å². The van der Waals surface area contributed by atoms with Crippen LogP contribution < -0.4 is 5.73 Å². The molecule has 0 aliphatic heterocycles. The quantitative estimate of drug-likeness (QED) is 0.627. The summed E-state index contributed by atoms with van der Waals surface area (Å²) in [6.07, 6.45) is 0.802. The van der Waals surface area contributed by atoms with Crippen LogP contribution in [0.2, 0.25) is 0 Å². The summed E-state index contributed by atoms with van der Waals surface area (Å²) in [5.74, 6) is 0.970. The van der Waals surface area contributed by atoms with Crippen LogP contribution in [0.25, 0.3) is 0 Å². The Morgan fingerprint density at radius 3 is 2.70 bits per heavy atom. The molecular weight excluding hydrogens is 150 g/mol. The second kappa shape index (κ2) is 5.82. The molecule has 2 atom stereocenters. The average Bonchev–Trinajstić information content (AvgIpc) is 1.85. The highest BCUT2D eigenvalue weighted by molar-refractivity contribution is 7.84. The molecule has 0 radical (unpaired) electrons. The SMILES string of the molecule is COCS(=O)CCC(C)N. The number of nitrogens with two attached hydrogens (primary N) is 1. The van der Waals surface area contributed by atoms with Crippen LogP contribution in [0.1, 0.15) is 13.3 Å². The van der Waals surface area contributed by atoms with Crippen LogP contribution in [0, 0.1) is 0 Å². The fraction of sp³-hybridized carbons (Fsp3) is 1.00. The van der Waals surface area contributed by atoms with Crippen molar-refractivity contribution in [1.82, 2.24) is 0 Å². The highest BCUT2D eigenvalue weighted by Crippen LogP contribution is 1.91. The van der Waals surface area contributed by atoms with E-state index < -0.39 is 10.8 Å². The van der Waals surface area contributed by atoms with Crippen molar-refractivity contribution in [2.45, 2.75) is 19.4 Å². The van der Waals surface area contributed by atoms with Crippen LogP contribution in [-0.2, 0) is 15.5 Å². The van der Waals surface area contributed by atoms with Gasteiger partial charge in [0.25, 0.3) is 0 Å². The molecule has 0 bridgehead atoms. The van der Waals surface area contributed by atoms with Crippen molar-refractivity contribution >= 4 is 10.8 Å². The maximum atomic E-state index is 10.9. The molecule has 3 nitrogen and oxygen atoms in total. The van der Waals surface area contributed by atoms with Gasteiger partial charge in [-0.2, -0.15) is 0 Å². The van der Waals surface area contributed by atoms with E-state index in [2.05, 4.69) is 0 Å². The first-order valence-electron chi connectivity index (χ1n) is 3.26. The summed E-state index contributed by atoms with van der Waals surface area (Å²) < 4.78 is 15.6. The smallest absolute Gasteiger partial charge is 0.121 e. The first-order valence-corrected chi connectivity index (χ1v) is 4.75. The zero-order chi connectivity index (χ0) is 7.98. The third-order valence-electron chi connectivity index (χ3n) is 1.05. The molecule has 0 aromatic carbocycles. The highest BCUT2D eigenvalue weighted by atomic mass is 32.2. The summed E-state index contributed by atoms with van der Waals surface area (Å²) in [5, 5.41) is 0. The van der Waals surface area contributed by atoms with Crippen molar-refractivity contribution in [2.24, 2.45) is 5.73 Å². The van der Waals surface area contributed by atoms with Crippen molar-refractivity contribution in [2.75, 3.05) is 18.8 Å². The van der Waals surface area contributed by atoms with Gasteiger partial charge < -0.3 is 10.5 Å². The van der Waals surface area contributed by atoms with Gasteiger partial charge in [0.05, 0.1) is 0 Å². The van der Waals surface area contributed by atoms with Crippen molar-refractivity contribution < 1.29 is 8.95 Å². The summed E-state index contributed by atoms with van der Waals surface area (Å²) in [6.45, 7) is 1.91. The van der Waals surface area contributed by atoms with Crippen LogP contribution in [0.3, 0.4) is 0 Å². The van der Waals surface area contributed by atoms with Crippen molar-refractivity contribution in [3.63, 3.8) is 0 Å². The van der Waals surface area contributed by atoms with Gasteiger partial charge in [-0.3, -0.25) is 4.21 Å². The average molecular weight is 165 g/mol. The Morgan fingerprint density at radius 2 is 2.30 bits per heavy atom. The van der Waals surface area contributed by atoms with E-state index in [1.807, 2.05) is 6.92 Å². The van der Waals surface area contributed by atoms with E-state index in [0.717, 1.165) is 6.42 Å². The first kappa shape index (κ1) is 10.1. The Morgan fingerprint density at radius 1 is 1.70 bits per heavy atom. The van der Waals surface area contributed by atoms with Crippen molar-refractivity contribution in [3.05, 3.63) is 0 Å². The fourth-order valence-electron chi connectivity index (χ4n) is 0.508. The molecule has 0 aromatic heterocycles. The largest absolute Gasteiger partial charge is 0.371 e.